The van der Waals surface area contributed by atoms with Crippen molar-refractivity contribution in [3.63, 3.8) is 0 Å². The van der Waals surface area contributed by atoms with Gasteiger partial charge in [-0.1, -0.05) is 30.3 Å². The average molecular weight is 444 g/mol. The molecule has 0 radical (unpaired) electrons. The third-order valence-corrected chi connectivity index (χ3v) is 7.31. The number of hydrogen-bond acceptors (Lipinski definition) is 4. The fourth-order valence-electron chi connectivity index (χ4n) is 5.33. The van der Waals surface area contributed by atoms with Crippen LogP contribution >= 0.6 is 0 Å². The maximum absolute atomic E-state index is 13.4. The zero-order valence-corrected chi connectivity index (χ0v) is 19.9. The molecule has 172 valence electrons. The summed E-state index contributed by atoms with van der Waals surface area (Å²) in [6, 6.07) is 15.2. The summed E-state index contributed by atoms with van der Waals surface area (Å²) in [5, 5.41) is 0. The van der Waals surface area contributed by atoms with Crippen LogP contribution in [-0.4, -0.2) is 49.1 Å². The molecule has 3 aliphatic rings. The Labute approximate surface area is 196 Å². The van der Waals surface area contributed by atoms with Gasteiger partial charge in [-0.2, -0.15) is 0 Å². The Morgan fingerprint density at radius 1 is 1.09 bits per heavy atom. The van der Waals surface area contributed by atoms with Crippen LogP contribution in [0.25, 0.3) is 6.08 Å². The Morgan fingerprint density at radius 2 is 1.91 bits per heavy atom. The van der Waals surface area contributed by atoms with E-state index >= 15 is 0 Å². The van der Waals surface area contributed by atoms with Crippen molar-refractivity contribution in [1.82, 2.24) is 9.80 Å². The Balaban J connectivity index is 1.35. The van der Waals surface area contributed by atoms with Gasteiger partial charge in [-0.3, -0.25) is 4.79 Å². The van der Waals surface area contributed by atoms with E-state index < -0.39 is 0 Å². The van der Waals surface area contributed by atoms with Crippen LogP contribution in [0.5, 0.6) is 5.75 Å². The number of piperidine rings is 1. The number of anilines is 1. The van der Waals surface area contributed by atoms with Gasteiger partial charge in [0.15, 0.2) is 0 Å². The van der Waals surface area contributed by atoms with Crippen molar-refractivity contribution in [2.24, 2.45) is 0 Å². The van der Waals surface area contributed by atoms with Crippen LogP contribution in [-0.2, 0) is 17.6 Å². The summed E-state index contributed by atoms with van der Waals surface area (Å²) in [5.74, 6) is 1.03. The highest BCUT2D eigenvalue weighted by Gasteiger charge is 2.31. The minimum absolute atomic E-state index is 0.202. The number of amides is 1. The number of aryl methyl sites for hydroxylation is 1. The van der Waals surface area contributed by atoms with Crippen molar-refractivity contribution in [2.75, 3.05) is 32.3 Å². The average Bonchev–Trinajstić information content (AvgIpc) is 3.17. The number of carbonyl (C=O) groups excluding carboxylic acids is 1. The Bertz CT molecular complexity index is 1120. The van der Waals surface area contributed by atoms with Gasteiger partial charge in [-0.15, -0.1) is 0 Å². The van der Waals surface area contributed by atoms with E-state index in [2.05, 4.69) is 77.3 Å². The predicted octanol–water partition coefficient (Wildman–Crippen LogP) is 4.83. The summed E-state index contributed by atoms with van der Waals surface area (Å²) in [6.07, 6.45) is 9.14. The van der Waals surface area contributed by atoms with Crippen molar-refractivity contribution in [1.29, 1.82) is 0 Å². The summed E-state index contributed by atoms with van der Waals surface area (Å²) in [5.41, 5.74) is 7.03. The number of allylic oxidation sites excluding steroid dienone is 1. The lowest BCUT2D eigenvalue weighted by Gasteiger charge is -2.38. The number of likely N-dealkylation sites (tertiary alicyclic amines) is 1. The molecule has 5 rings (SSSR count). The summed E-state index contributed by atoms with van der Waals surface area (Å²) in [7, 11) is 3.79. The monoisotopic (exact) mass is 443 g/mol. The van der Waals surface area contributed by atoms with Crippen LogP contribution in [0.1, 0.15) is 42.9 Å². The number of carbonyl (C=O) groups is 1. The molecule has 1 saturated heterocycles. The fraction of sp³-hybridized carbons (Fsp3) is 0.393. The van der Waals surface area contributed by atoms with Crippen LogP contribution in [0.3, 0.4) is 0 Å². The molecule has 5 nitrogen and oxygen atoms in total. The Hall–Kier alpha value is -3.21. The van der Waals surface area contributed by atoms with Gasteiger partial charge in [-0.05, 0) is 73.9 Å². The minimum atomic E-state index is 0.202. The lowest BCUT2D eigenvalue weighted by atomic mass is 9.86. The topological polar surface area (TPSA) is 36.0 Å². The van der Waals surface area contributed by atoms with Crippen LogP contribution in [0, 0.1) is 0 Å². The first kappa shape index (κ1) is 21.6. The highest BCUT2D eigenvalue weighted by atomic mass is 16.5. The van der Waals surface area contributed by atoms with Gasteiger partial charge < -0.3 is 19.4 Å². The molecular formula is C28H33N3O2. The number of benzene rings is 2. The molecule has 2 aliphatic heterocycles. The lowest BCUT2D eigenvalue weighted by molar-refractivity contribution is -0.131. The van der Waals surface area contributed by atoms with Crippen LogP contribution in [0.4, 0.5) is 5.69 Å². The summed E-state index contributed by atoms with van der Waals surface area (Å²) >= 11 is 0. The standard InChI is InChI=1S/C28H33N3O2/c1-20-18-30(19-29(20)2)26-13-10-21(16-27(26)33-3)15-24-9-6-14-31(28(24)32)25-12-11-22-7-4-5-8-23(22)17-25/h4-5,7-8,10,13,15-16,18,25H,6,9,11-12,14,17,19H2,1-3H3/b24-15+/t25-/m1/s1. The second-order valence-electron chi connectivity index (χ2n) is 9.45. The van der Waals surface area contributed by atoms with Crippen molar-refractivity contribution in [3.8, 4) is 5.75 Å². The minimum Gasteiger partial charge on any atom is -0.495 e. The molecule has 1 aliphatic carbocycles. The summed E-state index contributed by atoms with van der Waals surface area (Å²) < 4.78 is 5.72. The van der Waals surface area contributed by atoms with E-state index in [4.69, 9.17) is 4.74 Å². The number of fused-ring (bicyclic) bond motifs is 1. The molecular weight excluding hydrogens is 410 g/mol. The third-order valence-electron chi connectivity index (χ3n) is 7.31. The van der Waals surface area contributed by atoms with Gasteiger partial charge in [0, 0.05) is 37.1 Å². The SMILES string of the molecule is COc1cc(/C=C2\CCCN([C@@H]3CCc4ccccc4C3)C2=O)ccc1N1C=C(C)N(C)C1. The van der Waals surface area contributed by atoms with E-state index in [1.54, 1.807) is 7.11 Å². The van der Waals surface area contributed by atoms with Gasteiger partial charge in [0.2, 0.25) is 5.91 Å². The van der Waals surface area contributed by atoms with Crippen LogP contribution in [0.2, 0.25) is 0 Å². The van der Waals surface area contributed by atoms with E-state index in [9.17, 15) is 4.79 Å². The highest BCUT2D eigenvalue weighted by molar-refractivity contribution is 5.98. The van der Waals surface area contributed by atoms with Crippen molar-refractivity contribution in [2.45, 2.75) is 45.1 Å². The number of rotatable bonds is 4. The van der Waals surface area contributed by atoms with Crippen molar-refractivity contribution >= 4 is 17.7 Å². The summed E-state index contributed by atoms with van der Waals surface area (Å²) in [6.45, 7) is 3.77. The molecule has 1 amide bonds. The first-order valence-electron chi connectivity index (χ1n) is 12.0. The molecule has 0 bridgehead atoms. The van der Waals surface area contributed by atoms with Gasteiger partial charge in [0.05, 0.1) is 19.5 Å². The van der Waals surface area contributed by atoms with E-state index in [0.29, 0.717) is 6.04 Å². The predicted molar refractivity (Wildman–Crippen MR) is 133 cm³/mol. The molecule has 2 heterocycles. The number of methoxy groups -OCH3 is 1. The zero-order valence-electron chi connectivity index (χ0n) is 19.9. The quantitative estimate of drug-likeness (QED) is 0.634. The van der Waals surface area contributed by atoms with E-state index in [-0.39, 0.29) is 5.91 Å². The number of nitrogens with zero attached hydrogens (tertiary/aromatic N) is 3. The van der Waals surface area contributed by atoms with Gasteiger partial charge >= 0.3 is 0 Å². The summed E-state index contributed by atoms with van der Waals surface area (Å²) in [4.78, 5) is 20.0. The normalized spacial score (nSPS) is 22.0. The number of ether oxygens (including phenoxy) is 1. The smallest absolute Gasteiger partial charge is 0.250 e. The molecule has 1 fully saturated rings. The Morgan fingerprint density at radius 3 is 2.67 bits per heavy atom. The molecule has 0 saturated carbocycles. The van der Waals surface area contributed by atoms with Gasteiger partial charge in [0.1, 0.15) is 5.75 Å². The third kappa shape index (κ3) is 4.24. The number of hydrogen-bond donors (Lipinski definition) is 0. The van der Waals surface area contributed by atoms with E-state index in [1.165, 1.54) is 16.8 Å². The molecule has 2 aromatic carbocycles. The highest BCUT2D eigenvalue weighted by Crippen LogP contribution is 2.34. The molecule has 2 aromatic rings. The molecule has 0 aromatic heterocycles. The molecule has 0 N–H and O–H groups in total. The molecule has 5 heteroatoms. The fourth-order valence-corrected chi connectivity index (χ4v) is 5.33. The second-order valence-corrected chi connectivity index (χ2v) is 9.45. The molecule has 0 spiro atoms. The van der Waals surface area contributed by atoms with Gasteiger partial charge in [0.25, 0.3) is 0 Å². The molecule has 1 atom stereocenters. The molecule has 0 unspecified atom stereocenters. The van der Waals surface area contributed by atoms with Crippen molar-refractivity contribution in [3.05, 3.63) is 76.6 Å². The van der Waals surface area contributed by atoms with E-state index in [1.807, 2.05) is 6.07 Å². The zero-order chi connectivity index (χ0) is 22.9. The van der Waals surface area contributed by atoms with Crippen LogP contribution < -0.4 is 9.64 Å². The second kappa shape index (κ2) is 8.97. The maximum atomic E-state index is 13.4. The first-order valence-corrected chi connectivity index (χ1v) is 12.0. The first-order chi connectivity index (χ1) is 16.0. The lowest BCUT2D eigenvalue weighted by Crippen LogP contribution is -2.46. The maximum Gasteiger partial charge on any atom is 0.250 e. The van der Waals surface area contributed by atoms with Gasteiger partial charge in [-0.25, -0.2) is 0 Å². The largest absolute Gasteiger partial charge is 0.495 e. The van der Waals surface area contributed by atoms with Crippen molar-refractivity contribution < 1.29 is 9.53 Å². The molecule has 33 heavy (non-hydrogen) atoms. The van der Waals surface area contributed by atoms with Crippen LogP contribution in [0.15, 0.2) is 59.9 Å². The van der Waals surface area contributed by atoms with E-state index in [0.717, 1.165) is 67.9 Å². The Kier molecular flexibility index (Phi) is 5.88.